The van der Waals surface area contributed by atoms with Gasteiger partial charge in [-0.15, -0.1) is 0 Å². The summed E-state index contributed by atoms with van der Waals surface area (Å²) in [5.74, 6) is 0.0573. The number of benzene rings is 1. The van der Waals surface area contributed by atoms with Gasteiger partial charge in [0.05, 0.1) is 11.9 Å². The summed E-state index contributed by atoms with van der Waals surface area (Å²) in [6.07, 6.45) is 3.15. The number of sulfonamides is 1. The third-order valence-electron chi connectivity index (χ3n) is 4.28. The minimum absolute atomic E-state index is 0.120. The second-order valence-electron chi connectivity index (χ2n) is 6.52. The van der Waals surface area contributed by atoms with Gasteiger partial charge in [-0.25, -0.2) is 8.42 Å². The predicted molar refractivity (Wildman–Crippen MR) is 93.3 cm³/mol. The number of anilines is 1. The van der Waals surface area contributed by atoms with Gasteiger partial charge in [0.25, 0.3) is 0 Å². The van der Waals surface area contributed by atoms with Crippen LogP contribution in [0.3, 0.4) is 0 Å². The fourth-order valence-corrected chi connectivity index (χ4v) is 3.97. The van der Waals surface area contributed by atoms with Gasteiger partial charge >= 0.3 is 0 Å². The topological polar surface area (TPSA) is 57.7 Å². The molecule has 0 spiro atoms. The van der Waals surface area contributed by atoms with Crippen molar-refractivity contribution in [1.82, 2.24) is 4.90 Å². The zero-order chi connectivity index (χ0) is 17.2. The van der Waals surface area contributed by atoms with Crippen molar-refractivity contribution >= 4 is 21.6 Å². The van der Waals surface area contributed by atoms with Crippen LogP contribution >= 0.6 is 0 Å². The van der Waals surface area contributed by atoms with E-state index in [0.29, 0.717) is 5.69 Å². The monoisotopic (exact) mass is 338 g/mol. The number of amides is 1. The number of likely N-dealkylation sites (tertiary alicyclic amines) is 1. The molecule has 0 N–H and O–H groups in total. The Bertz CT molecular complexity index is 677. The van der Waals surface area contributed by atoms with Crippen LogP contribution in [0.25, 0.3) is 0 Å². The number of hydrogen-bond donors (Lipinski definition) is 0. The number of rotatable bonds is 5. The Morgan fingerprint density at radius 2 is 1.87 bits per heavy atom. The Hall–Kier alpha value is -1.56. The van der Waals surface area contributed by atoms with Crippen LogP contribution in [-0.4, -0.2) is 45.1 Å². The lowest BCUT2D eigenvalue weighted by Gasteiger charge is -2.29. The molecule has 0 radical (unpaired) electrons. The average molecular weight is 338 g/mol. The summed E-state index contributed by atoms with van der Waals surface area (Å²) in [7, 11) is -3.54. The van der Waals surface area contributed by atoms with Crippen molar-refractivity contribution in [1.29, 1.82) is 0 Å². The van der Waals surface area contributed by atoms with Crippen LogP contribution in [0, 0.1) is 6.92 Å². The van der Waals surface area contributed by atoms with Crippen molar-refractivity contribution in [2.75, 3.05) is 30.2 Å². The lowest BCUT2D eigenvalue weighted by molar-refractivity contribution is -0.128. The van der Waals surface area contributed by atoms with E-state index in [1.807, 2.05) is 39.0 Å². The summed E-state index contributed by atoms with van der Waals surface area (Å²) in [6, 6.07) is 5.75. The lowest BCUT2D eigenvalue weighted by atomic mass is 9.98. The fraction of sp³-hybridized carbons (Fsp3) is 0.588. The summed E-state index contributed by atoms with van der Waals surface area (Å²) < 4.78 is 26.0. The molecule has 0 atom stereocenters. The molecule has 0 saturated carbocycles. The van der Waals surface area contributed by atoms with Gasteiger partial charge in [-0.05, 0) is 36.8 Å². The second-order valence-corrected chi connectivity index (χ2v) is 8.43. The van der Waals surface area contributed by atoms with E-state index >= 15 is 0 Å². The molecule has 1 saturated heterocycles. The van der Waals surface area contributed by atoms with Crippen LogP contribution < -0.4 is 4.31 Å². The van der Waals surface area contributed by atoms with Crippen LogP contribution in [0.2, 0.25) is 0 Å². The maximum absolute atomic E-state index is 12.5. The summed E-state index contributed by atoms with van der Waals surface area (Å²) in [5.41, 5.74) is 2.47. The van der Waals surface area contributed by atoms with Crippen molar-refractivity contribution in [2.24, 2.45) is 0 Å². The first-order valence-corrected chi connectivity index (χ1v) is 9.91. The summed E-state index contributed by atoms with van der Waals surface area (Å²) in [5, 5.41) is 0. The van der Waals surface area contributed by atoms with E-state index in [-0.39, 0.29) is 18.4 Å². The van der Waals surface area contributed by atoms with Crippen molar-refractivity contribution in [2.45, 2.75) is 39.5 Å². The summed E-state index contributed by atoms with van der Waals surface area (Å²) >= 11 is 0. The molecule has 1 amide bonds. The predicted octanol–water partition coefficient (Wildman–Crippen LogP) is 2.51. The molecule has 1 aromatic rings. The molecular weight excluding hydrogens is 312 g/mol. The van der Waals surface area contributed by atoms with Gasteiger partial charge in [-0.1, -0.05) is 32.0 Å². The Balaban J connectivity index is 2.42. The molecule has 5 nitrogen and oxygen atoms in total. The molecule has 0 aliphatic carbocycles. The molecule has 1 fully saturated rings. The number of carbonyl (C=O) groups excluding carboxylic acids is 1. The number of nitrogens with zero attached hydrogens (tertiary/aromatic N) is 2. The molecule has 128 valence electrons. The second kappa shape index (κ2) is 6.91. The Kier molecular flexibility index (Phi) is 5.34. The van der Waals surface area contributed by atoms with E-state index in [4.69, 9.17) is 0 Å². The van der Waals surface area contributed by atoms with Crippen molar-refractivity contribution in [3.8, 4) is 0 Å². The Morgan fingerprint density at radius 3 is 2.39 bits per heavy atom. The molecular formula is C17H26N2O3S. The molecule has 1 aliphatic rings. The minimum Gasteiger partial charge on any atom is -0.341 e. The van der Waals surface area contributed by atoms with E-state index < -0.39 is 10.0 Å². The van der Waals surface area contributed by atoms with Crippen LogP contribution in [0.1, 0.15) is 43.7 Å². The first-order valence-electron chi connectivity index (χ1n) is 8.07. The van der Waals surface area contributed by atoms with Gasteiger partial charge < -0.3 is 4.90 Å². The molecule has 0 bridgehead atoms. The molecule has 1 heterocycles. The molecule has 6 heteroatoms. The molecule has 23 heavy (non-hydrogen) atoms. The van der Waals surface area contributed by atoms with Crippen LogP contribution in [0.15, 0.2) is 18.2 Å². The summed E-state index contributed by atoms with van der Waals surface area (Å²) in [4.78, 5) is 14.2. The molecule has 1 aromatic carbocycles. The van der Waals surface area contributed by atoms with E-state index in [2.05, 4.69) is 0 Å². The zero-order valence-electron chi connectivity index (χ0n) is 14.4. The minimum atomic E-state index is -3.54. The van der Waals surface area contributed by atoms with Crippen molar-refractivity contribution < 1.29 is 13.2 Å². The first kappa shape index (κ1) is 17.8. The van der Waals surface area contributed by atoms with Gasteiger partial charge in [0.1, 0.15) is 6.54 Å². The van der Waals surface area contributed by atoms with Gasteiger partial charge in [-0.3, -0.25) is 9.10 Å². The van der Waals surface area contributed by atoms with E-state index in [0.717, 1.165) is 37.1 Å². The van der Waals surface area contributed by atoms with Gasteiger partial charge in [-0.2, -0.15) is 0 Å². The molecule has 0 aromatic heterocycles. The van der Waals surface area contributed by atoms with Crippen molar-refractivity contribution in [3.63, 3.8) is 0 Å². The highest BCUT2D eigenvalue weighted by atomic mass is 32.2. The van der Waals surface area contributed by atoms with E-state index in [1.165, 1.54) is 10.6 Å². The molecule has 0 unspecified atom stereocenters. The maximum atomic E-state index is 12.5. The third kappa shape index (κ3) is 4.05. The van der Waals surface area contributed by atoms with E-state index in [1.54, 1.807) is 4.90 Å². The maximum Gasteiger partial charge on any atom is 0.243 e. The zero-order valence-corrected chi connectivity index (χ0v) is 15.2. The Morgan fingerprint density at radius 1 is 1.26 bits per heavy atom. The Labute approximate surface area is 139 Å². The first-order chi connectivity index (χ1) is 10.7. The van der Waals surface area contributed by atoms with E-state index in [9.17, 15) is 13.2 Å². The highest BCUT2D eigenvalue weighted by molar-refractivity contribution is 7.92. The van der Waals surface area contributed by atoms with Crippen LogP contribution in [0.5, 0.6) is 0 Å². The van der Waals surface area contributed by atoms with Gasteiger partial charge in [0, 0.05) is 13.1 Å². The number of carbonyl (C=O) groups is 1. The van der Waals surface area contributed by atoms with Gasteiger partial charge in [0.15, 0.2) is 0 Å². The number of para-hydroxylation sites is 1. The highest BCUT2D eigenvalue weighted by Gasteiger charge is 2.28. The van der Waals surface area contributed by atoms with Crippen LogP contribution in [0.4, 0.5) is 5.69 Å². The lowest BCUT2D eigenvalue weighted by Crippen LogP contribution is -2.42. The van der Waals surface area contributed by atoms with Crippen LogP contribution in [-0.2, 0) is 14.8 Å². The molecule has 1 aliphatic heterocycles. The normalized spacial score (nSPS) is 15.3. The standard InChI is InChI=1S/C17H26N2O3S/c1-13(2)15-9-7-8-14(3)17(15)19(23(4,21)22)12-16(20)18-10-5-6-11-18/h7-9,13H,5-6,10-12H2,1-4H3. The molecule has 2 rings (SSSR count). The fourth-order valence-electron chi connectivity index (χ4n) is 3.04. The van der Waals surface area contributed by atoms with Gasteiger partial charge in [0.2, 0.25) is 15.9 Å². The quantitative estimate of drug-likeness (QED) is 0.829. The average Bonchev–Trinajstić information content (AvgIpc) is 2.97. The number of hydrogen-bond acceptors (Lipinski definition) is 3. The highest BCUT2D eigenvalue weighted by Crippen LogP contribution is 2.32. The SMILES string of the molecule is Cc1cccc(C(C)C)c1N(CC(=O)N1CCCC1)S(C)(=O)=O. The smallest absolute Gasteiger partial charge is 0.243 e. The number of aryl methyl sites for hydroxylation is 1. The largest absolute Gasteiger partial charge is 0.341 e. The van der Waals surface area contributed by atoms with Crippen molar-refractivity contribution in [3.05, 3.63) is 29.3 Å². The summed E-state index contributed by atoms with van der Waals surface area (Å²) in [6.45, 7) is 7.27. The third-order valence-corrected chi connectivity index (χ3v) is 5.39.